The minimum atomic E-state index is 0.551. The zero-order chi connectivity index (χ0) is 9.40. The van der Waals surface area contributed by atoms with Gasteiger partial charge >= 0.3 is 0 Å². The van der Waals surface area contributed by atoms with E-state index in [4.69, 9.17) is 34.8 Å². The molecule has 0 aromatic carbocycles. The molecule has 0 aliphatic heterocycles. The molecule has 1 nitrogen and oxygen atoms in total. The smallest absolute Gasteiger partial charge is 0.129 e. The van der Waals surface area contributed by atoms with Crippen LogP contribution in [0.4, 0.5) is 0 Å². The predicted molar refractivity (Wildman–Crippen MR) is 55.4 cm³/mol. The zero-order valence-electron chi connectivity index (χ0n) is 6.73. The maximum atomic E-state index is 5.50. The topological polar surface area (TPSA) is 12.9 Å². The number of rotatable bonds is 1. The molecule has 0 amide bonds. The third-order valence-corrected chi connectivity index (χ3v) is 1.74. The van der Waals surface area contributed by atoms with Crippen molar-refractivity contribution in [3.63, 3.8) is 0 Å². The quantitative estimate of drug-likeness (QED) is 0.527. The molecule has 0 unspecified atom stereocenters. The molecule has 1 aromatic heterocycles. The van der Waals surface area contributed by atoms with Crippen LogP contribution in [0.5, 0.6) is 0 Å². The van der Waals surface area contributed by atoms with Gasteiger partial charge in [0.1, 0.15) is 5.15 Å². The van der Waals surface area contributed by atoms with Crippen molar-refractivity contribution in [3.8, 4) is 0 Å². The molecule has 0 atom stereocenters. The number of halogens is 3. The van der Waals surface area contributed by atoms with Crippen LogP contribution in [0.25, 0.3) is 0 Å². The number of nitrogens with zero attached hydrogens (tertiary/aromatic N) is 1. The fraction of sp³-hybridized carbons (Fsp3) is 0.375. The Balaban J connectivity index is 0.000000261. The third kappa shape index (κ3) is 6.71. The highest BCUT2D eigenvalue weighted by Gasteiger charge is 1.83. The number of hydrogen-bond acceptors (Lipinski definition) is 1. The van der Waals surface area contributed by atoms with Crippen molar-refractivity contribution in [1.82, 2.24) is 4.98 Å². The van der Waals surface area contributed by atoms with Gasteiger partial charge in [-0.1, -0.05) is 17.7 Å². The van der Waals surface area contributed by atoms with Gasteiger partial charge in [0.2, 0.25) is 0 Å². The lowest BCUT2D eigenvalue weighted by Gasteiger charge is -1.87. The lowest BCUT2D eigenvalue weighted by molar-refractivity contribution is 1.27. The van der Waals surface area contributed by atoms with Gasteiger partial charge in [0.25, 0.3) is 0 Å². The van der Waals surface area contributed by atoms with Gasteiger partial charge < -0.3 is 0 Å². The molecule has 0 saturated carbocycles. The summed E-state index contributed by atoms with van der Waals surface area (Å²) in [6.45, 7) is 1.98. The molecule has 0 bridgehead atoms. The Morgan fingerprint density at radius 1 is 1.25 bits per heavy atom. The highest BCUT2D eigenvalue weighted by Crippen LogP contribution is 2.02. The molecule has 0 saturated heterocycles. The highest BCUT2D eigenvalue weighted by molar-refractivity contribution is 6.29. The molecule has 12 heavy (non-hydrogen) atoms. The molecule has 0 spiro atoms. The van der Waals surface area contributed by atoms with Gasteiger partial charge in [-0.3, -0.25) is 0 Å². The Labute approximate surface area is 87.7 Å². The van der Waals surface area contributed by atoms with Crippen LogP contribution in [0.3, 0.4) is 0 Å². The summed E-state index contributed by atoms with van der Waals surface area (Å²) >= 11 is 15.6. The van der Waals surface area contributed by atoms with Crippen LogP contribution >= 0.6 is 34.8 Å². The van der Waals surface area contributed by atoms with Gasteiger partial charge in [-0.15, -0.1) is 23.2 Å². The second-order valence-electron chi connectivity index (χ2n) is 2.04. The van der Waals surface area contributed by atoms with E-state index in [1.54, 1.807) is 12.3 Å². The first-order valence-corrected chi connectivity index (χ1v) is 4.85. The standard InChI is InChI=1S/C6H6ClN.C2H4Cl2/c1-5-2-3-6(7)8-4-5;3-1-2-4/h2-4H,1H3;1-2H2. The van der Waals surface area contributed by atoms with E-state index in [1.165, 1.54) is 0 Å². The van der Waals surface area contributed by atoms with Crippen molar-refractivity contribution in [1.29, 1.82) is 0 Å². The number of pyridine rings is 1. The first-order valence-electron chi connectivity index (χ1n) is 3.40. The van der Waals surface area contributed by atoms with Gasteiger partial charge in [-0.25, -0.2) is 4.98 Å². The summed E-state index contributed by atoms with van der Waals surface area (Å²) in [5.74, 6) is 1.11. The molecule has 0 aliphatic rings. The Morgan fingerprint density at radius 3 is 2.08 bits per heavy atom. The minimum absolute atomic E-state index is 0.551. The average molecular weight is 227 g/mol. The van der Waals surface area contributed by atoms with Crippen molar-refractivity contribution >= 4 is 34.8 Å². The third-order valence-electron chi connectivity index (χ3n) is 0.947. The Morgan fingerprint density at radius 2 is 1.83 bits per heavy atom. The van der Waals surface area contributed by atoms with E-state index in [2.05, 4.69) is 4.98 Å². The Bertz CT molecular complexity index is 175. The van der Waals surface area contributed by atoms with Gasteiger partial charge in [0.15, 0.2) is 0 Å². The zero-order valence-corrected chi connectivity index (χ0v) is 9.00. The second-order valence-corrected chi connectivity index (χ2v) is 3.18. The maximum Gasteiger partial charge on any atom is 0.129 e. The van der Waals surface area contributed by atoms with Gasteiger partial charge in [0.05, 0.1) is 0 Å². The fourth-order valence-electron chi connectivity index (χ4n) is 0.450. The summed E-state index contributed by atoms with van der Waals surface area (Å²) < 4.78 is 0. The molecule has 0 fully saturated rings. The average Bonchev–Trinajstić information content (AvgIpc) is 2.11. The summed E-state index contributed by atoms with van der Waals surface area (Å²) in [6.07, 6.45) is 1.74. The van der Waals surface area contributed by atoms with Gasteiger partial charge in [0, 0.05) is 18.0 Å². The Hall–Kier alpha value is 0.0200. The normalized spacial score (nSPS) is 8.67. The predicted octanol–water partition coefficient (Wildman–Crippen LogP) is 3.51. The van der Waals surface area contributed by atoms with Crippen LogP contribution in [0, 0.1) is 6.92 Å². The van der Waals surface area contributed by atoms with Crippen molar-refractivity contribution in [2.75, 3.05) is 11.8 Å². The van der Waals surface area contributed by atoms with E-state index >= 15 is 0 Å². The number of hydrogen-bond donors (Lipinski definition) is 0. The van der Waals surface area contributed by atoms with E-state index in [0.717, 1.165) is 5.56 Å². The van der Waals surface area contributed by atoms with Crippen molar-refractivity contribution in [2.24, 2.45) is 0 Å². The summed E-state index contributed by atoms with van der Waals surface area (Å²) in [5, 5.41) is 0.551. The van der Waals surface area contributed by atoms with Gasteiger partial charge in [-0.2, -0.15) is 0 Å². The van der Waals surface area contributed by atoms with Crippen molar-refractivity contribution < 1.29 is 0 Å². The fourth-order valence-corrected chi connectivity index (χ4v) is 0.562. The SMILES string of the molecule is Cc1ccc(Cl)nc1.ClCCCl. The Kier molecular flexibility index (Phi) is 7.67. The first kappa shape index (κ1) is 12.0. The summed E-state index contributed by atoms with van der Waals surface area (Å²) in [7, 11) is 0. The van der Waals surface area contributed by atoms with Crippen LogP contribution in [0.15, 0.2) is 18.3 Å². The lowest BCUT2D eigenvalue weighted by atomic mass is 10.3. The number of aryl methyl sites for hydroxylation is 1. The van der Waals surface area contributed by atoms with E-state index < -0.39 is 0 Å². The van der Waals surface area contributed by atoms with Crippen molar-refractivity contribution in [2.45, 2.75) is 6.92 Å². The molecule has 68 valence electrons. The van der Waals surface area contributed by atoms with Crippen LogP contribution < -0.4 is 0 Å². The second kappa shape index (κ2) is 7.66. The molecule has 0 N–H and O–H groups in total. The maximum absolute atomic E-state index is 5.50. The molecular formula is C8H10Cl3N. The minimum Gasteiger partial charge on any atom is -0.244 e. The molecule has 1 aromatic rings. The largest absolute Gasteiger partial charge is 0.244 e. The molecule has 1 heterocycles. The van der Waals surface area contributed by atoms with Crippen LogP contribution in [-0.2, 0) is 0 Å². The molecule has 1 rings (SSSR count). The molecular weight excluding hydrogens is 216 g/mol. The van der Waals surface area contributed by atoms with Crippen LogP contribution in [0.1, 0.15) is 5.56 Å². The summed E-state index contributed by atoms with van der Waals surface area (Å²) in [6, 6.07) is 3.70. The van der Waals surface area contributed by atoms with E-state index in [0.29, 0.717) is 16.9 Å². The lowest BCUT2D eigenvalue weighted by Crippen LogP contribution is -1.73. The first-order chi connectivity index (χ1) is 5.70. The number of aromatic nitrogens is 1. The molecule has 0 aliphatic carbocycles. The highest BCUT2D eigenvalue weighted by atomic mass is 35.5. The van der Waals surface area contributed by atoms with Crippen LogP contribution in [-0.4, -0.2) is 16.7 Å². The van der Waals surface area contributed by atoms with Gasteiger partial charge in [-0.05, 0) is 18.6 Å². The summed E-state index contributed by atoms with van der Waals surface area (Å²) in [4.78, 5) is 3.84. The summed E-state index contributed by atoms with van der Waals surface area (Å²) in [5.41, 5.74) is 1.13. The number of alkyl halides is 2. The molecule has 4 heteroatoms. The van der Waals surface area contributed by atoms with Crippen LogP contribution in [0.2, 0.25) is 5.15 Å². The van der Waals surface area contributed by atoms with E-state index in [9.17, 15) is 0 Å². The van der Waals surface area contributed by atoms with E-state index in [-0.39, 0.29) is 0 Å². The van der Waals surface area contributed by atoms with Crippen molar-refractivity contribution in [3.05, 3.63) is 29.0 Å². The van der Waals surface area contributed by atoms with E-state index in [1.807, 2.05) is 13.0 Å². The molecule has 0 radical (unpaired) electrons. The monoisotopic (exact) mass is 225 g/mol.